The lowest BCUT2D eigenvalue weighted by Gasteiger charge is -2.30. The third kappa shape index (κ3) is 5.28. The fourth-order valence-corrected chi connectivity index (χ4v) is 3.69. The maximum absolute atomic E-state index is 13.2. The second kappa shape index (κ2) is 8.80. The van der Waals surface area contributed by atoms with Crippen molar-refractivity contribution >= 4 is 52.1 Å². The van der Waals surface area contributed by atoms with Crippen LogP contribution in [0.2, 0.25) is 5.02 Å². The number of nitrogens with one attached hydrogen (secondary N) is 1. The number of carbonyl (C=O) groups is 1. The van der Waals surface area contributed by atoms with E-state index in [4.69, 9.17) is 17.3 Å². The first kappa shape index (κ1) is 19.9. The number of anilines is 2. The van der Waals surface area contributed by atoms with Crippen LogP contribution in [0.1, 0.15) is 17.7 Å². The Morgan fingerprint density at radius 1 is 1.44 bits per heavy atom. The number of hydrogen-bond acceptors (Lipinski definition) is 5. The highest BCUT2D eigenvalue weighted by atomic mass is 35.5. The van der Waals surface area contributed by atoms with Gasteiger partial charge in [-0.05, 0) is 44.1 Å². The van der Waals surface area contributed by atoms with Crippen molar-refractivity contribution in [1.29, 1.82) is 0 Å². The lowest BCUT2D eigenvalue weighted by atomic mass is 9.96. The number of carbonyl (C=O) groups excluding carboxylic acids is 1. The standard InChI is InChI=1S/C16H18ClFN4OS.ClH/c17-13-7-11(1-2-14(13)18)21-15(23)10-3-5-22(6-4-10)9-12-8-20-16(19)24-12;/h1-2,7-8,10H,3-6,9H2,(H2,19,20)(H,21,23);1H. The largest absolute Gasteiger partial charge is 0.375 e. The Morgan fingerprint density at radius 2 is 2.16 bits per heavy atom. The molecule has 136 valence electrons. The number of nitrogens with zero attached hydrogens (tertiary/aromatic N) is 2. The van der Waals surface area contributed by atoms with Crippen LogP contribution in [0.25, 0.3) is 0 Å². The van der Waals surface area contributed by atoms with Crippen LogP contribution >= 0.6 is 35.3 Å². The smallest absolute Gasteiger partial charge is 0.227 e. The number of nitrogens with two attached hydrogens (primary N) is 1. The van der Waals surface area contributed by atoms with E-state index in [9.17, 15) is 9.18 Å². The summed E-state index contributed by atoms with van der Waals surface area (Å²) in [5.74, 6) is -0.581. The molecule has 1 aliphatic rings. The maximum atomic E-state index is 13.2. The van der Waals surface area contributed by atoms with E-state index in [-0.39, 0.29) is 29.3 Å². The number of likely N-dealkylation sites (tertiary alicyclic amines) is 1. The van der Waals surface area contributed by atoms with Gasteiger partial charge in [-0.25, -0.2) is 9.37 Å². The zero-order chi connectivity index (χ0) is 17.1. The fourth-order valence-electron chi connectivity index (χ4n) is 2.79. The number of piperidine rings is 1. The molecule has 0 radical (unpaired) electrons. The number of halogens is 3. The Morgan fingerprint density at radius 3 is 2.76 bits per heavy atom. The third-order valence-corrected chi connectivity index (χ3v) is 5.20. The van der Waals surface area contributed by atoms with Crippen molar-refractivity contribution in [2.24, 2.45) is 5.92 Å². The second-order valence-electron chi connectivity index (χ2n) is 5.83. The van der Waals surface area contributed by atoms with Gasteiger partial charge in [-0.3, -0.25) is 9.69 Å². The minimum absolute atomic E-state index is 0. The number of benzene rings is 1. The SMILES string of the molecule is Cl.Nc1ncc(CN2CCC(C(=O)Nc3ccc(F)c(Cl)c3)CC2)s1. The van der Waals surface area contributed by atoms with Crippen LogP contribution in [0.3, 0.4) is 0 Å². The Balaban J connectivity index is 0.00000225. The van der Waals surface area contributed by atoms with Crippen LogP contribution < -0.4 is 11.1 Å². The first-order chi connectivity index (χ1) is 11.5. The van der Waals surface area contributed by atoms with Gasteiger partial charge in [-0.2, -0.15) is 0 Å². The highest BCUT2D eigenvalue weighted by Crippen LogP contribution is 2.24. The van der Waals surface area contributed by atoms with E-state index in [1.807, 2.05) is 0 Å². The molecule has 1 aromatic heterocycles. The number of hydrogen-bond donors (Lipinski definition) is 2. The van der Waals surface area contributed by atoms with E-state index < -0.39 is 5.82 Å². The van der Waals surface area contributed by atoms with E-state index >= 15 is 0 Å². The highest BCUT2D eigenvalue weighted by Gasteiger charge is 2.25. The molecule has 5 nitrogen and oxygen atoms in total. The van der Waals surface area contributed by atoms with Gasteiger partial charge in [0.25, 0.3) is 0 Å². The van der Waals surface area contributed by atoms with Crippen molar-refractivity contribution in [2.45, 2.75) is 19.4 Å². The monoisotopic (exact) mass is 404 g/mol. The molecular formula is C16H19Cl2FN4OS. The van der Waals surface area contributed by atoms with Crippen LogP contribution in [0.4, 0.5) is 15.2 Å². The number of rotatable bonds is 4. The normalized spacial score (nSPS) is 15.6. The fraction of sp³-hybridized carbons (Fsp3) is 0.375. The first-order valence-electron chi connectivity index (χ1n) is 7.69. The summed E-state index contributed by atoms with van der Waals surface area (Å²) in [5, 5.41) is 3.40. The Hall–Kier alpha value is -1.41. The zero-order valence-electron chi connectivity index (χ0n) is 13.4. The van der Waals surface area contributed by atoms with E-state index in [1.165, 1.54) is 29.5 Å². The van der Waals surface area contributed by atoms with Gasteiger partial charge in [0, 0.05) is 29.2 Å². The predicted octanol–water partition coefficient (Wildman–Crippen LogP) is 3.79. The van der Waals surface area contributed by atoms with Crippen LogP contribution in [-0.4, -0.2) is 28.9 Å². The highest BCUT2D eigenvalue weighted by molar-refractivity contribution is 7.15. The summed E-state index contributed by atoms with van der Waals surface area (Å²) in [6.07, 6.45) is 3.38. The Kier molecular flexibility index (Phi) is 7.01. The number of aromatic nitrogens is 1. The molecule has 0 unspecified atom stereocenters. The molecule has 25 heavy (non-hydrogen) atoms. The molecule has 9 heteroatoms. The van der Waals surface area contributed by atoms with Gasteiger partial charge in [-0.15, -0.1) is 23.7 Å². The summed E-state index contributed by atoms with van der Waals surface area (Å²) < 4.78 is 13.2. The quantitative estimate of drug-likeness (QED) is 0.812. The van der Waals surface area contributed by atoms with Gasteiger partial charge in [-0.1, -0.05) is 11.6 Å². The molecule has 1 aromatic carbocycles. The molecule has 0 saturated carbocycles. The average molecular weight is 405 g/mol. The summed E-state index contributed by atoms with van der Waals surface area (Å²) in [6.45, 7) is 2.51. The van der Waals surface area contributed by atoms with Gasteiger partial charge >= 0.3 is 0 Å². The molecule has 2 aromatic rings. The molecule has 0 aliphatic carbocycles. The van der Waals surface area contributed by atoms with Crippen LogP contribution in [0.15, 0.2) is 24.4 Å². The van der Waals surface area contributed by atoms with Gasteiger partial charge < -0.3 is 11.1 Å². The second-order valence-corrected chi connectivity index (χ2v) is 7.39. The van der Waals surface area contributed by atoms with Crippen molar-refractivity contribution in [2.75, 3.05) is 24.1 Å². The zero-order valence-corrected chi connectivity index (χ0v) is 15.8. The molecule has 1 aliphatic heterocycles. The maximum Gasteiger partial charge on any atom is 0.227 e. The summed E-state index contributed by atoms with van der Waals surface area (Å²) in [4.78, 5) is 19.8. The Bertz CT molecular complexity index is 735. The molecule has 1 saturated heterocycles. The molecule has 0 bridgehead atoms. The van der Waals surface area contributed by atoms with Crippen molar-refractivity contribution in [1.82, 2.24) is 9.88 Å². The third-order valence-electron chi connectivity index (χ3n) is 4.10. The molecule has 0 atom stereocenters. The molecule has 3 rings (SSSR count). The van der Waals surface area contributed by atoms with Gasteiger partial charge in [0.15, 0.2) is 5.13 Å². The predicted molar refractivity (Wildman–Crippen MR) is 102 cm³/mol. The summed E-state index contributed by atoms with van der Waals surface area (Å²) in [6, 6.07) is 4.20. The van der Waals surface area contributed by atoms with Gasteiger partial charge in [0.2, 0.25) is 5.91 Å². The minimum atomic E-state index is -0.494. The number of amides is 1. The van der Waals surface area contributed by atoms with E-state index in [0.29, 0.717) is 10.8 Å². The summed E-state index contributed by atoms with van der Waals surface area (Å²) in [7, 11) is 0. The molecule has 3 N–H and O–H groups in total. The number of thiazole rings is 1. The van der Waals surface area contributed by atoms with Crippen molar-refractivity contribution < 1.29 is 9.18 Å². The van der Waals surface area contributed by atoms with Crippen LogP contribution in [0.5, 0.6) is 0 Å². The van der Waals surface area contributed by atoms with E-state index in [1.54, 1.807) is 6.20 Å². The molecular weight excluding hydrogens is 386 g/mol. The van der Waals surface area contributed by atoms with E-state index in [2.05, 4.69) is 15.2 Å². The minimum Gasteiger partial charge on any atom is -0.375 e. The molecule has 1 fully saturated rings. The average Bonchev–Trinajstić information content (AvgIpc) is 2.96. The summed E-state index contributed by atoms with van der Waals surface area (Å²) in [5.41, 5.74) is 6.16. The number of nitrogen functional groups attached to an aromatic ring is 1. The van der Waals surface area contributed by atoms with Crippen molar-refractivity contribution in [3.8, 4) is 0 Å². The van der Waals surface area contributed by atoms with E-state index in [0.717, 1.165) is 37.4 Å². The van der Waals surface area contributed by atoms with Gasteiger partial charge in [0.1, 0.15) is 5.82 Å². The Labute approximate surface area is 160 Å². The topological polar surface area (TPSA) is 71.2 Å². The summed E-state index contributed by atoms with van der Waals surface area (Å²) >= 11 is 7.23. The molecule has 2 heterocycles. The lowest BCUT2D eigenvalue weighted by Crippen LogP contribution is -2.37. The van der Waals surface area contributed by atoms with Crippen LogP contribution in [-0.2, 0) is 11.3 Å². The molecule has 1 amide bonds. The van der Waals surface area contributed by atoms with Crippen molar-refractivity contribution in [3.63, 3.8) is 0 Å². The molecule has 0 spiro atoms. The van der Waals surface area contributed by atoms with Gasteiger partial charge in [0.05, 0.1) is 5.02 Å². The first-order valence-corrected chi connectivity index (χ1v) is 8.89. The van der Waals surface area contributed by atoms with Crippen LogP contribution in [0, 0.1) is 11.7 Å². The van der Waals surface area contributed by atoms with Crippen molar-refractivity contribution in [3.05, 3.63) is 40.1 Å². The lowest BCUT2D eigenvalue weighted by molar-refractivity contribution is -0.121.